The lowest BCUT2D eigenvalue weighted by Gasteiger charge is -2.09. The lowest BCUT2D eigenvalue weighted by molar-refractivity contribution is 0.306. The molecule has 0 amide bonds. The Balaban J connectivity index is 2.10. The van der Waals surface area contributed by atoms with Crippen molar-refractivity contribution in [3.8, 4) is 0 Å². The largest absolute Gasteiger partial charge is 0.513 e. The molecule has 0 unspecified atom stereocenters. The number of hydrogen-bond acceptors (Lipinski definition) is 5. The van der Waals surface area contributed by atoms with Crippen LogP contribution in [0.4, 0.5) is 0 Å². The standard InChI is InChI=1S/C11H11NO2S3/c13-10-12(6-3-7-14-11(15)16)8-4-1-2-5-9(8)17-10/h1-2,4-5H,3,6-7H2,(H,15,16)/p-1. The molecule has 0 N–H and O–H groups in total. The van der Waals surface area contributed by atoms with Crippen molar-refractivity contribution in [3.05, 3.63) is 33.9 Å². The lowest BCUT2D eigenvalue weighted by atomic mass is 10.3. The molecule has 0 aliphatic heterocycles. The van der Waals surface area contributed by atoms with Gasteiger partial charge in [-0.15, -0.1) is 0 Å². The van der Waals surface area contributed by atoms with Gasteiger partial charge < -0.3 is 29.6 Å². The third-order valence-corrected chi connectivity index (χ3v) is 3.52. The number of para-hydroxylation sites is 1. The average molecular weight is 284 g/mol. The minimum atomic E-state index is 0.0622. The molecular weight excluding hydrogens is 274 g/mol. The minimum Gasteiger partial charge on any atom is -0.513 e. The number of benzene rings is 1. The van der Waals surface area contributed by atoms with Crippen molar-refractivity contribution in [2.45, 2.75) is 13.0 Å². The fraction of sp³-hybridized carbons (Fsp3) is 0.273. The van der Waals surface area contributed by atoms with Crippen molar-refractivity contribution >= 4 is 50.8 Å². The summed E-state index contributed by atoms with van der Waals surface area (Å²) in [7, 11) is 0. The summed E-state index contributed by atoms with van der Waals surface area (Å²) in [5, 5.41) is 0. The van der Waals surface area contributed by atoms with Gasteiger partial charge in [0.05, 0.1) is 16.8 Å². The average Bonchev–Trinajstić information content (AvgIpc) is 2.60. The van der Waals surface area contributed by atoms with E-state index in [1.165, 1.54) is 11.3 Å². The van der Waals surface area contributed by atoms with Gasteiger partial charge in [0.25, 0.3) is 0 Å². The van der Waals surface area contributed by atoms with E-state index in [1.807, 2.05) is 24.3 Å². The maximum atomic E-state index is 11.8. The molecule has 0 saturated carbocycles. The predicted molar refractivity (Wildman–Crippen MR) is 76.6 cm³/mol. The van der Waals surface area contributed by atoms with Crippen LogP contribution in [0.25, 0.3) is 10.2 Å². The van der Waals surface area contributed by atoms with Crippen LogP contribution >= 0.6 is 23.6 Å². The molecule has 90 valence electrons. The van der Waals surface area contributed by atoms with Crippen LogP contribution in [0.5, 0.6) is 0 Å². The van der Waals surface area contributed by atoms with Gasteiger partial charge in [-0.1, -0.05) is 23.5 Å². The van der Waals surface area contributed by atoms with Crippen LogP contribution in [0, 0.1) is 0 Å². The number of ether oxygens (including phenoxy) is 1. The van der Waals surface area contributed by atoms with E-state index in [1.54, 1.807) is 4.57 Å². The SMILES string of the molecule is O=c1sc2ccccc2n1CCCOC(=S)[S-]. The van der Waals surface area contributed by atoms with E-state index >= 15 is 0 Å². The van der Waals surface area contributed by atoms with Crippen LogP contribution in [0.1, 0.15) is 6.42 Å². The highest BCUT2D eigenvalue weighted by Crippen LogP contribution is 2.16. The van der Waals surface area contributed by atoms with Crippen molar-refractivity contribution in [2.24, 2.45) is 0 Å². The molecule has 17 heavy (non-hydrogen) atoms. The van der Waals surface area contributed by atoms with E-state index in [4.69, 9.17) is 4.74 Å². The third-order valence-electron chi connectivity index (χ3n) is 2.32. The van der Waals surface area contributed by atoms with Crippen LogP contribution in [-0.4, -0.2) is 15.6 Å². The van der Waals surface area contributed by atoms with Gasteiger partial charge in [-0.05, 0) is 18.6 Å². The van der Waals surface area contributed by atoms with Crippen molar-refractivity contribution in [2.75, 3.05) is 6.61 Å². The van der Waals surface area contributed by atoms with Gasteiger partial charge >= 0.3 is 4.87 Å². The summed E-state index contributed by atoms with van der Waals surface area (Å²) in [5.41, 5.74) is 0.975. The molecule has 0 aliphatic carbocycles. The van der Waals surface area contributed by atoms with E-state index in [-0.39, 0.29) is 9.26 Å². The molecule has 0 radical (unpaired) electrons. The highest BCUT2D eigenvalue weighted by Gasteiger charge is 2.05. The van der Waals surface area contributed by atoms with Gasteiger partial charge in [0.1, 0.15) is 0 Å². The molecule has 0 bridgehead atoms. The second-order valence-corrected chi connectivity index (χ2v) is 5.43. The van der Waals surface area contributed by atoms with Crippen molar-refractivity contribution in [1.29, 1.82) is 0 Å². The van der Waals surface area contributed by atoms with Crippen LogP contribution in [-0.2, 0) is 23.9 Å². The zero-order chi connectivity index (χ0) is 12.3. The van der Waals surface area contributed by atoms with Crippen molar-refractivity contribution in [1.82, 2.24) is 4.57 Å². The van der Waals surface area contributed by atoms with Gasteiger partial charge in [-0.2, -0.15) is 0 Å². The third kappa shape index (κ3) is 3.02. The minimum absolute atomic E-state index is 0.0622. The van der Waals surface area contributed by atoms with Crippen LogP contribution in [0.3, 0.4) is 0 Å². The Morgan fingerprint density at radius 2 is 2.24 bits per heavy atom. The van der Waals surface area contributed by atoms with E-state index in [2.05, 4.69) is 24.8 Å². The summed E-state index contributed by atoms with van der Waals surface area (Å²) >= 11 is 10.5. The van der Waals surface area contributed by atoms with Crippen LogP contribution < -0.4 is 4.87 Å². The first-order chi connectivity index (χ1) is 8.18. The molecule has 0 saturated heterocycles. The summed E-state index contributed by atoms with van der Waals surface area (Å²) in [4.78, 5) is 11.8. The fourth-order valence-corrected chi connectivity index (χ4v) is 2.69. The zero-order valence-corrected chi connectivity index (χ0v) is 11.4. The number of rotatable bonds is 4. The monoisotopic (exact) mass is 284 g/mol. The number of thiazole rings is 1. The normalized spacial score (nSPS) is 10.6. The Morgan fingerprint density at radius 1 is 1.47 bits per heavy atom. The summed E-state index contributed by atoms with van der Waals surface area (Å²) in [6.07, 6.45) is 0.720. The molecule has 2 rings (SSSR count). The Morgan fingerprint density at radius 3 is 3.00 bits per heavy atom. The van der Waals surface area contributed by atoms with E-state index in [9.17, 15) is 4.79 Å². The zero-order valence-electron chi connectivity index (χ0n) is 8.92. The molecule has 6 heteroatoms. The number of fused-ring (bicyclic) bond motifs is 1. The van der Waals surface area contributed by atoms with Crippen LogP contribution in [0.2, 0.25) is 0 Å². The highest BCUT2D eigenvalue weighted by molar-refractivity contribution is 7.99. The van der Waals surface area contributed by atoms with E-state index in [0.29, 0.717) is 13.2 Å². The molecule has 0 aliphatic rings. The molecule has 2 aromatic rings. The summed E-state index contributed by atoms with van der Waals surface area (Å²) in [6, 6.07) is 7.76. The summed E-state index contributed by atoms with van der Waals surface area (Å²) in [5.74, 6) is 0. The maximum Gasteiger partial charge on any atom is 0.308 e. The smallest absolute Gasteiger partial charge is 0.308 e. The first-order valence-corrected chi connectivity index (χ1v) is 6.74. The first-order valence-electron chi connectivity index (χ1n) is 5.10. The molecular formula is C11H10NO2S3-. The quantitative estimate of drug-likeness (QED) is 0.490. The Bertz CT molecular complexity index is 588. The number of nitrogens with zero attached hydrogens (tertiary/aromatic N) is 1. The van der Waals surface area contributed by atoms with E-state index < -0.39 is 0 Å². The highest BCUT2D eigenvalue weighted by atomic mass is 32.1. The number of aryl methyl sites for hydroxylation is 1. The maximum absolute atomic E-state index is 11.8. The summed E-state index contributed by atoms with van der Waals surface area (Å²) < 4.78 is 7.93. The number of thiocarbonyl (C=S) groups is 1. The summed E-state index contributed by atoms with van der Waals surface area (Å²) in [6.45, 7) is 1.08. The van der Waals surface area contributed by atoms with Gasteiger partial charge in [-0.3, -0.25) is 9.36 Å². The molecule has 0 fully saturated rings. The molecule has 1 heterocycles. The van der Waals surface area contributed by atoms with Crippen molar-refractivity contribution in [3.63, 3.8) is 0 Å². The molecule has 1 aromatic heterocycles. The molecule has 1 aromatic carbocycles. The van der Waals surface area contributed by atoms with Crippen LogP contribution in [0.15, 0.2) is 29.1 Å². The topological polar surface area (TPSA) is 31.2 Å². The number of hydrogen-bond donors (Lipinski definition) is 0. The number of aromatic nitrogens is 1. The van der Waals surface area contributed by atoms with Gasteiger partial charge in [0, 0.05) is 10.9 Å². The van der Waals surface area contributed by atoms with E-state index in [0.717, 1.165) is 16.6 Å². The second kappa shape index (κ2) is 5.57. The van der Waals surface area contributed by atoms with Crippen molar-refractivity contribution < 1.29 is 4.74 Å². The molecule has 0 atom stereocenters. The van der Waals surface area contributed by atoms with Gasteiger partial charge in [-0.25, -0.2) is 0 Å². The predicted octanol–water partition coefficient (Wildman–Crippen LogP) is 2.30. The molecule has 3 nitrogen and oxygen atoms in total. The second-order valence-electron chi connectivity index (χ2n) is 3.44. The fourth-order valence-electron chi connectivity index (χ4n) is 1.60. The Kier molecular flexibility index (Phi) is 4.09. The lowest BCUT2D eigenvalue weighted by Crippen LogP contribution is -2.14. The van der Waals surface area contributed by atoms with Gasteiger partial charge in [0.15, 0.2) is 0 Å². The molecule has 0 spiro atoms. The Hall–Kier alpha value is -0.980. The first kappa shape index (κ1) is 12.5. The Labute approximate surface area is 113 Å². The van der Waals surface area contributed by atoms with Gasteiger partial charge in [0.2, 0.25) is 0 Å².